The zero-order valence-electron chi connectivity index (χ0n) is 8.92. The number of carboxylic acids is 1. The number of pyridine rings is 1. The third kappa shape index (κ3) is 2.46. The van der Waals surface area contributed by atoms with E-state index in [4.69, 9.17) is 5.11 Å². The molecular formula is C11H4Br2F3NO2. The maximum atomic E-state index is 12.9. The molecule has 0 atom stereocenters. The SMILES string of the molecule is O=C(O)c1c(C(F)(F)F)nc2c(Br)cccc2c1Br. The van der Waals surface area contributed by atoms with Crippen molar-refractivity contribution in [1.82, 2.24) is 4.98 Å². The van der Waals surface area contributed by atoms with Crippen LogP contribution in [0.3, 0.4) is 0 Å². The Morgan fingerprint density at radius 1 is 1.26 bits per heavy atom. The number of carbonyl (C=O) groups is 1. The van der Waals surface area contributed by atoms with Crippen molar-refractivity contribution in [2.75, 3.05) is 0 Å². The summed E-state index contributed by atoms with van der Waals surface area (Å²) in [5.41, 5.74) is -2.27. The molecule has 1 N–H and O–H groups in total. The van der Waals surface area contributed by atoms with Gasteiger partial charge in [0, 0.05) is 14.3 Å². The zero-order chi connectivity index (χ0) is 14.4. The van der Waals surface area contributed by atoms with Crippen LogP contribution in [0.4, 0.5) is 13.2 Å². The topological polar surface area (TPSA) is 50.2 Å². The Bertz CT molecular complexity index is 686. The van der Waals surface area contributed by atoms with Gasteiger partial charge in [-0.15, -0.1) is 0 Å². The van der Waals surface area contributed by atoms with Gasteiger partial charge in [0.2, 0.25) is 0 Å². The van der Waals surface area contributed by atoms with Crippen LogP contribution in [0.25, 0.3) is 10.9 Å². The number of aromatic carboxylic acids is 1. The summed E-state index contributed by atoms with van der Waals surface area (Å²) >= 11 is 6.01. The van der Waals surface area contributed by atoms with Crippen molar-refractivity contribution < 1.29 is 23.1 Å². The lowest BCUT2D eigenvalue weighted by Gasteiger charge is -2.13. The van der Waals surface area contributed by atoms with Gasteiger partial charge >= 0.3 is 12.1 Å². The summed E-state index contributed by atoms with van der Waals surface area (Å²) < 4.78 is 38.9. The Morgan fingerprint density at radius 2 is 1.89 bits per heavy atom. The number of nitrogens with zero attached hydrogens (tertiary/aromatic N) is 1. The molecule has 3 nitrogen and oxygen atoms in total. The average molecular weight is 399 g/mol. The van der Waals surface area contributed by atoms with Crippen LogP contribution in [0.5, 0.6) is 0 Å². The number of rotatable bonds is 1. The molecule has 2 aromatic rings. The van der Waals surface area contributed by atoms with Gasteiger partial charge < -0.3 is 5.11 Å². The molecule has 0 fully saturated rings. The standard InChI is InChI=1S/C11H4Br2F3NO2/c12-5-3-1-2-4-7(13)6(10(18)19)9(11(14,15)16)17-8(4)5/h1-3H,(H,18,19). The van der Waals surface area contributed by atoms with Crippen molar-refractivity contribution in [3.63, 3.8) is 0 Å². The number of alkyl halides is 3. The summed E-state index contributed by atoms with van der Waals surface area (Å²) in [5.74, 6) is -1.69. The number of fused-ring (bicyclic) bond motifs is 1. The quantitative estimate of drug-likeness (QED) is 0.770. The van der Waals surface area contributed by atoms with Crippen molar-refractivity contribution in [3.05, 3.63) is 38.4 Å². The van der Waals surface area contributed by atoms with Crippen molar-refractivity contribution >= 4 is 48.7 Å². The third-order valence-electron chi connectivity index (χ3n) is 2.39. The Labute approximate surface area is 121 Å². The van der Waals surface area contributed by atoms with E-state index in [0.29, 0.717) is 9.86 Å². The molecule has 1 heterocycles. The second kappa shape index (κ2) is 4.75. The van der Waals surface area contributed by atoms with Gasteiger partial charge in [-0.1, -0.05) is 12.1 Å². The van der Waals surface area contributed by atoms with Crippen LogP contribution in [0, 0.1) is 0 Å². The van der Waals surface area contributed by atoms with Crippen LogP contribution >= 0.6 is 31.9 Å². The Kier molecular flexibility index (Phi) is 3.57. The molecule has 0 amide bonds. The van der Waals surface area contributed by atoms with E-state index in [1.165, 1.54) is 12.1 Å². The molecule has 0 bridgehead atoms. The molecule has 0 saturated heterocycles. The molecular weight excluding hydrogens is 395 g/mol. The van der Waals surface area contributed by atoms with Crippen LogP contribution in [0.2, 0.25) is 0 Å². The first-order valence-corrected chi connectivity index (χ1v) is 6.40. The maximum absolute atomic E-state index is 12.9. The number of hydrogen-bond acceptors (Lipinski definition) is 2. The molecule has 2 rings (SSSR count). The van der Waals surface area contributed by atoms with Crippen LogP contribution in [-0.2, 0) is 6.18 Å². The number of hydrogen-bond donors (Lipinski definition) is 1. The van der Waals surface area contributed by atoms with E-state index in [1.54, 1.807) is 6.07 Å². The lowest BCUT2D eigenvalue weighted by molar-refractivity contribution is -0.141. The van der Waals surface area contributed by atoms with Crippen molar-refractivity contribution in [2.24, 2.45) is 0 Å². The molecule has 100 valence electrons. The van der Waals surface area contributed by atoms with E-state index in [2.05, 4.69) is 36.8 Å². The first-order valence-electron chi connectivity index (χ1n) is 4.81. The molecule has 19 heavy (non-hydrogen) atoms. The molecule has 0 aliphatic carbocycles. The minimum absolute atomic E-state index is 0.0479. The van der Waals surface area contributed by atoms with E-state index in [1.807, 2.05) is 0 Å². The molecule has 1 aromatic carbocycles. The smallest absolute Gasteiger partial charge is 0.434 e. The molecule has 0 unspecified atom stereocenters. The monoisotopic (exact) mass is 397 g/mol. The largest absolute Gasteiger partial charge is 0.478 e. The Morgan fingerprint density at radius 3 is 2.42 bits per heavy atom. The van der Waals surface area contributed by atoms with Gasteiger partial charge in [-0.3, -0.25) is 0 Å². The fraction of sp³-hybridized carbons (Fsp3) is 0.0909. The van der Waals surface area contributed by atoms with Crippen LogP contribution < -0.4 is 0 Å². The van der Waals surface area contributed by atoms with Gasteiger partial charge in [0.15, 0.2) is 5.69 Å². The molecule has 0 radical (unpaired) electrons. The van der Waals surface area contributed by atoms with E-state index in [9.17, 15) is 18.0 Å². The summed E-state index contributed by atoms with van der Waals surface area (Å²) in [5, 5.41) is 9.25. The Hall–Kier alpha value is -1.15. The van der Waals surface area contributed by atoms with Gasteiger partial charge in [-0.05, 0) is 37.9 Å². The third-order valence-corrected chi connectivity index (χ3v) is 3.85. The molecule has 1 aromatic heterocycles. The minimum Gasteiger partial charge on any atom is -0.478 e. The number of para-hydroxylation sites is 1. The van der Waals surface area contributed by atoms with Gasteiger partial charge in [0.25, 0.3) is 0 Å². The summed E-state index contributed by atoms with van der Waals surface area (Å²) in [6.45, 7) is 0. The molecule has 0 aliphatic rings. The number of aromatic nitrogens is 1. The predicted octanol–water partition coefficient (Wildman–Crippen LogP) is 4.48. The molecule has 0 spiro atoms. The van der Waals surface area contributed by atoms with Crippen molar-refractivity contribution in [1.29, 1.82) is 0 Å². The highest BCUT2D eigenvalue weighted by Crippen LogP contribution is 2.38. The van der Waals surface area contributed by atoms with E-state index >= 15 is 0 Å². The highest BCUT2D eigenvalue weighted by Gasteiger charge is 2.39. The van der Waals surface area contributed by atoms with Gasteiger partial charge in [0.05, 0.1) is 5.52 Å². The van der Waals surface area contributed by atoms with Crippen molar-refractivity contribution in [3.8, 4) is 0 Å². The first-order chi connectivity index (χ1) is 8.73. The van der Waals surface area contributed by atoms with E-state index < -0.39 is 23.4 Å². The lowest BCUT2D eigenvalue weighted by atomic mass is 10.1. The highest BCUT2D eigenvalue weighted by molar-refractivity contribution is 9.11. The fourth-order valence-corrected chi connectivity index (χ4v) is 2.74. The molecule has 0 aliphatic heterocycles. The summed E-state index contributed by atoms with van der Waals surface area (Å²) in [7, 11) is 0. The second-order valence-corrected chi connectivity index (χ2v) is 5.24. The summed E-state index contributed by atoms with van der Waals surface area (Å²) in [4.78, 5) is 14.5. The number of carboxylic acid groups (broad SMARTS) is 1. The summed E-state index contributed by atoms with van der Waals surface area (Å²) in [6.07, 6.45) is -4.85. The van der Waals surface area contributed by atoms with Crippen molar-refractivity contribution in [2.45, 2.75) is 6.18 Å². The summed E-state index contributed by atoms with van der Waals surface area (Å²) in [6, 6.07) is 4.60. The minimum atomic E-state index is -4.85. The predicted molar refractivity (Wildman–Crippen MR) is 69.1 cm³/mol. The van der Waals surface area contributed by atoms with E-state index in [-0.39, 0.29) is 9.99 Å². The average Bonchev–Trinajstić information content (AvgIpc) is 2.28. The lowest BCUT2D eigenvalue weighted by Crippen LogP contribution is -2.16. The van der Waals surface area contributed by atoms with E-state index in [0.717, 1.165) is 0 Å². The molecule has 0 saturated carbocycles. The first kappa shape index (κ1) is 14.3. The normalized spacial score (nSPS) is 11.8. The fourth-order valence-electron chi connectivity index (χ4n) is 1.61. The number of halogens is 5. The van der Waals surface area contributed by atoms with Gasteiger partial charge in [0.1, 0.15) is 5.56 Å². The Balaban J connectivity index is 2.99. The van der Waals surface area contributed by atoms with Crippen LogP contribution in [0.1, 0.15) is 16.1 Å². The maximum Gasteiger partial charge on any atom is 0.434 e. The van der Waals surface area contributed by atoms with Gasteiger partial charge in [-0.25, -0.2) is 9.78 Å². The van der Waals surface area contributed by atoms with Crippen LogP contribution in [-0.4, -0.2) is 16.1 Å². The second-order valence-electron chi connectivity index (χ2n) is 3.59. The van der Waals surface area contributed by atoms with Gasteiger partial charge in [-0.2, -0.15) is 13.2 Å². The highest BCUT2D eigenvalue weighted by atomic mass is 79.9. The number of benzene rings is 1. The van der Waals surface area contributed by atoms with Crippen LogP contribution in [0.15, 0.2) is 27.1 Å². The zero-order valence-corrected chi connectivity index (χ0v) is 12.1. The molecule has 8 heteroatoms.